The summed E-state index contributed by atoms with van der Waals surface area (Å²) in [4.78, 5) is 23.7. The van der Waals surface area contributed by atoms with Gasteiger partial charge in [-0.25, -0.2) is 9.97 Å². The van der Waals surface area contributed by atoms with Crippen LogP contribution in [0.2, 0.25) is 0 Å². The summed E-state index contributed by atoms with van der Waals surface area (Å²) in [6.45, 7) is 0.869. The summed E-state index contributed by atoms with van der Waals surface area (Å²) in [5.41, 5.74) is -0.0278. The molecule has 31 heavy (non-hydrogen) atoms. The number of alkyl halides is 6. The maximum absolute atomic E-state index is 12.8. The first-order valence-electron chi connectivity index (χ1n) is 9.04. The van der Waals surface area contributed by atoms with Crippen LogP contribution in [0, 0.1) is 0 Å². The van der Waals surface area contributed by atoms with Crippen molar-refractivity contribution in [3.05, 3.63) is 68.3 Å². The van der Waals surface area contributed by atoms with Crippen molar-refractivity contribution < 1.29 is 26.3 Å². The molecule has 1 aliphatic rings. The number of rotatable bonds is 3. The number of nitrogens with zero attached hydrogens (tertiary/aromatic N) is 3. The minimum Gasteiger partial charge on any atom is -0.303 e. The molecule has 2 aromatic heterocycles. The fraction of sp³-hybridized carbons (Fsp3) is 0.316. The van der Waals surface area contributed by atoms with Gasteiger partial charge in [0.15, 0.2) is 0 Å². The minimum atomic E-state index is -4.72. The van der Waals surface area contributed by atoms with Crippen molar-refractivity contribution >= 4 is 11.3 Å². The zero-order chi connectivity index (χ0) is 22.4. The van der Waals surface area contributed by atoms with Crippen molar-refractivity contribution in [2.45, 2.75) is 31.9 Å². The Balaban J connectivity index is 1.47. The lowest BCUT2D eigenvalue weighted by Gasteiger charge is -2.27. The van der Waals surface area contributed by atoms with Gasteiger partial charge in [0.2, 0.25) is 5.82 Å². The number of fused-ring (bicyclic) bond motifs is 1. The van der Waals surface area contributed by atoms with E-state index in [1.165, 1.54) is 23.5 Å². The lowest BCUT2D eigenvalue weighted by molar-refractivity contribution is -0.145. The summed E-state index contributed by atoms with van der Waals surface area (Å²) < 4.78 is 76.5. The molecule has 0 saturated carbocycles. The van der Waals surface area contributed by atoms with Crippen molar-refractivity contribution in [2.24, 2.45) is 0 Å². The molecule has 0 bridgehead atoms. The van der Waals surface area contributed by atoms with Gasteiger partial charge in [0, 0.05) is 37.0 Å². The third kappa shape index (κ3) is 4.64. The molecule has 0 saturated heterocycles. The molecule has 1 N–H and O–H groups in total. The lowest BCUT2D eigenvalue weighted by Crippen LogP contribution is -2.36. The molecule has 3 heterocycles. The number of hydrogen-bond acceptors (Lipinski definition) is 5. The molecular formula is C19H14F6N4OS. The van der Waals surface area contributed by atoms with Crippen molar-refractivity contribution in [3.8, 4) is 10.6 Å². The van der Waals surface area contributed by atoms with Crippen LogP contribution in [-0.2, 0) is 31.9 Å². The number of nitrogens with one attached hydrogen (secondary N) is 1. The second-order valence-electron chi connectivity index (χ2n) is 7.02. The highest BCUT2D eigenvalue weighted by molar-refractivity contribution is 7.13. The van der Waals surface area contributed by atoms with Gasteiger partial charge in [0.1, 0.15) is 5.01 Å². The molecule has 3 aromatic rings. The molecule has 0 aliphatic carbocycles. The standard InChI is InChI=1S/C19H14F6N4OS/c20-18(21,22)11-3-1-10(2-4-11)16-26-12(9-31-16)7-29-6-5-14-13(8-29)15(30)28-17(27-14)19(23,24)25/h1-4,9H,5-8H2,(H,27,28,30). The topological polar surface area (TPSA) is 61.9 Å². The number of halogens is 6. The van der Waals surface area contributed by atoms with Crippen LogP contribution in [0.15, 0.2) is 34.4 Å². The Bertz CT molecular complexity index is 1150. The zero-order valence-corrected chi connectivity index (χ0v) is 16.5. The Morgan fingerprint density at radius 2 is 1.74 bits per heavy atom. The Morgan fingerprint density at radius 3 is 2.39 bits per heavy atom. The van der Waals surface area contributed by atoms with E-state index < -0.39 is 29.3 Å². The second kappa shape index (κ2) is 7.75. The lowest BCUT2D eigenvalue weighted by atomic mass is 10.1. The molecule has 5 nitrogen and oxygen atoms in total. The molecule has 0 atom stereocenters. The summed E-state index contributed by atoms with van der Waals surface area (Å²) >= 11 is 1.27. The molecule has 0 fully saturated rings. The van der Waals surface area contributed by atoms with Crippen LogP contribution >= 0.6 is 11.3 Å². The molecule has 12 heteroatoms. The highest BCUT2D eigenvalue weighted by atomic mass is 32.1. The number of aromatic amines is 1. The predicted molar refractivity (Wildman–Crippen MR) is 100 cm³/mol. The van der Waals surface area contributed by atoms with Gasteiger partial charge in [0.25, 0.3) is 5.56 Å². The van der Waals surface area contributed by atoms with Crippen molar-refractivity contribution in [1.82, 2.24) is 19.9 Å². The third-order valence-electron chi connectivity index (χ3n) is 4.81. The van der Waals surface area contributed by atoms with E-state index in [-0.39, 0.29) is 24.2 Å². The van der Waals surface area contributed by atoms with E-state index in [9.17, 15) is 31.1 Å². The number of benzene rings is 1. The maximum atomic E-state index is 12.8. The van der Waals surface area contributed by atoms with Gasteiger partial charge in [-0.2, -0.15) is 26.3 Å². The summed E-state index contributed by atoms with van der Waals surface area (Å²) in [6, 6.07) is 4.69. The molecule has 164 valence electrons. The second-order valence-corrected chi connectivity index (χ2v) is 7.88. The SMILES string of the molecule is O=c1[nH]c(C(F)(F)F)nc2c1CN(Cc1csc(-c3ccc(C(F)(F)F)cc3)n1)CC2. The summed E-state index contributed by atoms with van der Waals surface area (Å²) in [5, 5.41) is 2.31. The minimum absolute atomic E-state index is 0.128. The molecule has 0 amide bonds. The summed E-state index contributed by atoms with van der Waals surface area (Å²) in [6.07, 6.45) is -8.94. The number of aromatic nitrogens is 3. The van der Waals surface area contributed by atoms with E-state index in [4.69, 9.17) is 0 Å². The monoisotopic (exact) mass is 460 g/mol. The van der Waals surface area contributed by atoms with Crippen molar-refractivity contribution in [2.75, 3.05) is 6.54 Å². The first-order valence-corrected chi connectivity index (χ1v) is 9.92. The van der Waals surface area contributed by atoms with E-state index in [0.29, 0.717) is 29.4 Å². The first-order chi connectivity index (χ1) is 14.5. The first kappa shape index (κ1) is 21.5. The number of hydrogen-bond donors (Lipinski definition) is 1. The molecule has 1 aromatic carbocycles. The molecular weight excluding hydrogens is 446 g/mol. The van der Waals surface area contributed by atoms with Gasteiger partial charge >= 0.3 is 12.4 Å². The normalized spacial score (nSPS) is 15.2. The van der Waals surface area contributed by atoms with E-state index in [1.807, 2.05) is 4.90 Å². The van der Waals surface area contributed by atoms with Gasteiger partial charge in [-0.15, -0.1) is 11.3 Å². The fourth-order valence-electron chi connectivity index (χ4n) is 3.29. The Labute approximate surface area is 175 Å². The van der Waals surface area contributed by atoms with Gasteiger partial charge in [-0.05, 0) is 12.1 Å². The molecule has 1 aliphatic heterocycles. The Morgan fingerprint density at radius 1 is 1.03 bits per heavy atom. The third-order valence-corrected chi connectivity index (χ3v) is 5.75. The molecule has 0 spiro atoms. The van der Waals surface area contributed by atoms with Gasteiger partial charge < -0.3 is 4.98 Å². The van der Waals surface area contributed by atoms with Crippen LogP contribution in [0.5, 0.6) is 0 Å². The maximum Gasteiger partial charge on any atom is 0.449 e. The molecule has 4 rings (SSSR count). The average molecular weight is 460 g/mol. The van der Waals surface area contributed by atoms with Gasteiger partial charge in [-0.3, -0.25) is 9.69 Å². The van der Waals surface area contributed by atoms with E-state index >= 15 is 0 Å². The highest BCUT2D eigenvalue weighted by Gasteiger charge is 2.36. The summed E-state index contributed by atoms with van der Waals surface area (Å²) in [7, 11) is 0. The highest BCUT2D eigenvalue weighted by Crippen LogP contribution is 2.32. The smallest absolute Gasteiger partial charge is 0.303 e. The fourth-order valence-corrected chi connectivity index (χ4v) is 4.11. The Hall–Kier alpha value is -2.73. The van der Waals surface area contributed by atoms with Gasteiger partial charge in [0.05, 0.1) is 22.5 Å². The molecule has 0 radical (unpaired) electrons. The van der Waals surface area contributed by atoms with Crippen LogP contribution in [-0.4, -0.2) is 26.4 Å². The van der Waals surface area contributed by atoms with Crippen molar-refractivity contribution in [1.29, 1.82) is 0 Å². The number of thiazole rings is 1. The van der Waals surface area contributed by atoms with E-state index in [2.05, 4.69) is 9.97 Å². The van der Waals surface area contributed by atoms with Crippen LogP contribution < -0.4 is 5.56 Å². The quantitative estimate of drug-likeness (QED) is 0.586. The average Bonchev–Trinajstić information content (AvgIpc) is 3.15. The molecule has 0 unspecified atom stereocenters. The zero-order valence-electron chi connectivity index (χ0n) is 15.6. The van der Waals surface area contributed by atoms with Crippen LogP contribution in [0.3, 0.4) is 0 Å². The Kier molecular flexibility index (Phi) is 5.38. The van der Waals surface area contributed by atoms with E-state index in [0.717, 1.165) is 12.1 Å². The van der Waals surface area contributed by atoms with Crippen LogP contribution in [0.25, 0.3) is 10.6 Å². The van der Waals surface area contributed by atoms with Crippen molar-refractivity contribution in [3.63, 3.8) is 0 Å². The van der Waals surface area contributed by atoms with Crippen LogP contribution in [0.4, 0.5) is 26.3 Å². The van der Waals surface area contributed by atoms with Gasteiger partial charge in [-0.1, -0.05) is 12.1 Å². The van der Waals surface area contributed by atoms with Crippen LogP contribution in [0.1, 0.15) is 28.3 Å². The summed E-state index contributed by atoms with van der Waals surface area (Å²) in [5.74, 6) is -1.30. The van der Waals surface area contributed by atoms with E-state index in [1.54, 1.807) is 10.4 Å². The predicted octanol–water partition coefficient (Wildman–Crippen LogP) is 4.49. The largest absolute Gasteiger partial charge is 0.449 e. The number of H-pyrrole nitrogens is 1.